The van der Waals surface area contributed by atoms with E-state index in [9.17, 15) is 9.59 Å². The maximum Gasteiger partial charge on any atom is 0.238 e. The van der Waals surface area contributed by atoms with Crippen LogP contribution in [0, 0.1) is 0 Å². The standard InChI is InChI=1S/C22H26ClN3O3/c1-17(27)18-2-6-20(7-3-18)24-22(28)16-26-12-10-25(11-13-26)14-15-29-21-8-4-19(23)5-9-21/h2-9H,10-16H2,1H3,(H,24,28). The van der Waals surface area contributed by atoms with Gasteiger partial charge in [0.1, 0.15) is 12.4 Å². The zero-order valence-electron chi connectivity index (χ0n) is 16.6. The summed E-state index contributed by atoms with van der Waals surface area (Å²) in [5.74, 6) is 0.792. The van der Waals surface area contributed by atoms with Gasteiger partial charge in [-0.2, -0.15) is 0 Å². The molecule has 1 heterocycles. The zero-order valence-corrected chi connectivity index (χ0v) is 17.3. The first-order chi connectivity index (χ1) is 14.0. The van der Waals surface area contributed by atoms with E-state index in [4.69, 9.17) is 16.3 Å². The van der Waals surface area contributed by atoms with E-state index in [-0.39, 0.29) is 11.7 Å². The second-order valence-electron chi connectivity index (χ2n) is 7.10. The minimum absolute atomic E-state index is 0.0133. The number of ketones is 1. The lowest BCUT2D eigenvalue weighted by Gasteiger charge is -2.34. The van der Waals surface area contributed by atoms with Gasteiger partial charge in [0, 0.05) is 49.0 Å². The number of benzene rings is 2. The van der Waals surface area contributed by atoms with E-state index in [1.165, 1.54) is 6.92 Å². The highest BCUT2D eigenvalue weighted by atomic mass is 35.5. The second-order valence-corrected chi connectivity index (χ2v) is 7.54. The highest BCUT2D eigenvalue weighted by Gasteiger charge is 2.19. The molecular weight excluding hydrogens is 390 g/mol. The summed E-state index contributed by atoms with van der Waals surface area (Å²) in [5, 5.41) is 3.59. The van der Waals surface area contributed by atoms with Gasteiger partial charge in [-0.25, -0.2) is 0 Å². The van der Waals surface area contributed by atoms with Crippen molar-refractivity contribution >= 4 is 29.0 Å². The molecule has 0 radical (unpaired) electrons. The minimum Gasteiger partial charge on any atom is -0.492 e. The normalized spacial score (nSPS) is 15.1. The highest BCUT2D eigenvalue weighted by Crippen LogP contribution is 2.15. The number of nitrogens with zero attached hydrogens (tertiary/aromatic N) is 2. The molecule has 29 heavy (non-hydrogen) atoms. The van der Waals surface area contributed by atoms with E-state index >= 15 is 0 Å². The number of carbonyl (C=O) groups excluding carboxylic acids is 2. The van der Waals surface area contributed by atoms with Crippen molar-refractivity contribution in [3.8, 4) is 5.75 Å². The van der Waals surface area contributed by atoms with Gasteiger partial charge in [-0.05, 0) is 55.5 Å². The van der Waals surface area contributed by atoms with Crippen LogP contribution >= 0.6 is 11.6 Å². The molecule has 0 atom stereocenters. The van der Waals surface area contributed by atoms with Crippen LogP contribution in [-0.4, -0.2) is 67.4 Å². The number of ether oxygens (including phenoxy) is 1. The van der Waals surface area contributed by atoms with Crippen LogP contribution in [0.3, 0.4) is 0 Å². The molecule has 0 aromatic heterocycles. The van der Waals surface area contributed by atoms with Gasteiger partial charge in [0.05, 0.1) is 6.54 Å². The molecule has 0 spiro atoms. The Hall–Kier alpha value is -2.41. The fourth-order valence-electron chi connectivity index (χ4n) is 3.19. The molecule has 0 unspecified atom stereocenters. The summed E-state index contributed by atoms with van der Waals surface area (Å²) in [5.41, 5.74) is 1.34. The fraction of sp³-hybridized carbons (Fsp3) is 0.364. The van der Waals surface area contributed by atoms with Crippen molar-refractivity contribution in [2.24, 2.45) is 0 Å². The number of hydrogen-bond donors (Lipinski definition) is 1. The summed E-state index contributed by atoms with van der Waals surface area (Å²) < 4.78 is 5.75. The molecule has 1 aliphatic rings. The van der Waals surface area contributed by atoms with Gasteiger partial charge >= 0.3 is 0 Å². The molecular formula is C22H26ClN3O3. The van der Waals surface area contributed by atoms with Gasteiger partial charge in [0.25, 0.3) is 0 Å². The Morgan fingerprint density at radius 2 is 1.59 bits per heavy atom. The van der Waals surface area contributed by atoms with Crippen molar-refractivity contribution in [3.63, 3.8) is 0 Å². The summed E-state index contributed by atoms with van der Waals surface area (Å²) in [6.07, 6.45) is 0. The van der Waals surface area contributed by atoms with Gasteiger partial charge in [-0.1, -0.05) is 11.6 Å². The number of Topliss-reactive ketones (excluding diaryl/α,β-unsaturated/α-hetero) is 1. The number of nitrogens with one attached hydrogen (secondary N) is 1. The van der Waals surface area contributed by atoms with E-state index in [0.717, 1.165) is 38.5 Å². The van der Waals surface area contributed by atoms with Crippen molar-refractivity contribution in [1.82, 2.24) is 9.80 Å². The lowest BCUT2D eigenvalue weighted by molar-refractivity contribution is -0.117. The Morgan fingerprint density at radius 1 is 0.966 bits per heavy atom. The van der Waals surface area contributed by atoms with E-state index in [2.05, 4.69) is 15.1 Å². The number of carbonyl (C=O) groups is 2. The molecule has 0 saturated carbocycles. The van der Waals surface area contributed by atoms with Gasteiger partial charge in [-0.15, -0.1) is 0 Å². The van der Waals surface area contributed by atoms with E-state index in [1.807, 2.05) is 24.3 Å². The average molecular weight is 416 g/mol. The molecule has 0 aliphatic carbocycles. The summed E-state index contributed by atoms with van der Waals surface area (Å²) in [6.45, 7) is 6.87. The summed E-state index contributed by atoms with van der Waals surface area (Å²) in [4.78, 5) is 28.1. The lowest BCUT2D eigenvalue weighted by atomic mass is 10.1. The maximum atomic E-state index is 12.3. The van der Waals surface area contributed by atoms with E-state index < -0.39 is 0 Å². The van der Waals surface area contributed by atoms with Crippen molar-refractivity contribution in [3.05, 3.63) is 59.1 Å². The van der Waals surface area contributed by atoms with E-state index in [1.54, 1.807) is 24.3 Å². The quantitative estimate of drug-likeness (QED) is 0.671. The summed E-state index contributed by atoms with van der Waals surface area (Å²) in [6, 6.07) is 14.3. The lowest BCUT2D eigenvalue weighted by Crippen LogP contribution is -2.49. The van der Waals surface area contributed by atoms with Crippen LogP contribution in [-0.2, 0) is 4.79 Å². The first-order valence-electron chi connectivity index (χ1n) is 9.73. The van der Waals surface area contributed by atoms with Gasteiger partial charge in [0.2, 0.25) is 5.91 Å². The molecule has 1 amide bonds. The molecule has 154 valence electrons. The molecule has 0 bridgehead atoms. The third-order valence-electron chi connectivity index (χ3n) is 4.90. The Bertz CT molecular complexity index is 816. The highest BCUT2D eigenvalue weighted by molar-refractivity contribution is 6.30. The van der Waals surface area contributed by atoms with Crippen LogP contribution in [0.1, 0.15) is 17.3 Å². The van der Waals surface area contributed by atoms with E-state index in [0.29, 0.717) is 29.4 Å². The summed E-state index contributed by atoms with van der Waals surface area (Å²) in [7, 11) is 0. The van der Waals surface area contributed by atoms with Crippen LogP contribution < -0.4 is 10.1 Å². The topological polar surface area (TPSA) is 61.9 Å². The Kier molecular flexibility index (Phi) is 7.63. The average Bonchev–Trinajstić information content (AvgIpc) is 2.71. The number of amides is 1. The fourth-order valence-corrected chi connectivity index (χ4v) is 3.31. The van der Waals surface area contributed by atoms with Crippen LogP contribution in [0.15, 0.2) is 48.5 Å². The molecule has 1 fully saturated rings. The first-order valence-corrected chi connectivity index (χ1v) is 10.1. The smallest absolute Gasteiger partial charge is 0.238 e. The molecule has 7 heteroatoms. The van der Waals surface area contributed by atoms with Crippen molar-refractivity contribution in [1.29, 1.82) is 0 Å². The third-order valence-corrected chi connectivity index (χ3v) is 5.15. The molecule has 1 aliphatic heterocycles. The number of halogens is 1. The first kappa shape index (κ1) is 21.3. The second kappa shape index (κ2) is 10.4. The molecule has 1 saturated heterocycles. The SMILES string of the molecule is CC(=O)c1ccc(NC(=O)CN2CCN(CCOc3ccc(Cl)cc3)CC2)cc1. The van der Waals surface area contributed by atoms with Crippen LogP contribution in [0.2, 0.25) is 5.02 Å². The summed E-state index contributed by atoms with van der Waals surface area (Å²) >= 11 is 5.87. The van der Waals surface area contributed by atoms with Gasteiger partial charge in [0.15, 0.2) is 5.78 Å². The molecule has 3 rings (SSSR count). The zero-order chi connectivity index (χ0) is 20.6. The number of rotatable bonds is 8. The van der Waals surface area contributed by atoms with Crippen LogP contribution in [0.5, 0.6) is 5.75 Å². The van der Waals surface area contributed by atoms with Crippen molar-refractivity contribution < 1.29 is 14.3 Å². The van der Waals surface area contributed by atoms with Crippen molar-refractivity contribution in [2.75, 3.05) is 51.2 Å². The van der Waals surface area contributed by atoms with Gasteiger partial charge in [-0.3, -0.25) is 19.4 Å². The molecule has 1 N–H and O–H groups in total. The van der Waals surface area contributed by atoms with Crippen molar-refractivity contribution in [2.45, 2.75) is 6.92 Å². The van der Waals surface area contributed by atoms with Gasteiger partial charge < -0.3 is 10.1 Å². The third kappa shape index (κ3) is 6.85. The monoisotopic (exact) mass is 415 g/mol. The Morgan fingerprint density at radius 3 is 2.21 bits per heavy atom. The maximum absolute atomic E-state index is 12.3. The largest absolute Gasteiger partial charge is 0.492 e. The number of anilines is 1. The predicted molar refractivity (Wildman–Crippen MR) is 115 cm³/mol. The number of hydrogen-bond acceptors (Lipinski definition) is 5. The minimum atomic E-state index is -0.0416. The van der Waals surface area contributed by atoms with Crippen LogP contribution in [0.25, 0.3) is 0 Å². The molecule has 6 nitrogen and oxygen atoms in total. The number of piperazine rings is 1. The molecule has 2 aromatic rings. The Balaban J connectivity index is 1.34. The predicted octanol–water partition coefficient (Wildman–Crippen LogP) is 3.18. The van der Waals surface area contributed by atoms with Crippen LogP contribution in [0.4, 0.5) is 5.69 Å². The molecule has 2 aromatic carbocycles. The Labute approximate surface area is 176 Å².